The number of carbonyl (C=O) groups excluding carboxylic acids is 1. The average molecular weight is 314 g/mol. The summed E-state index contributed by atoms with van der Waals surface area (Å²) in [7, 11) is 0. The van der Waals surface area contributed by atoms with Gasteiger partial charge in [0.25, 0.3) is 5.91 Å². The highest BCUT2D eigenvalue weighted by Gasteiger charge is 2.11. The Labute approximate surface area is 110 Å². The number of halogens is 2. The van der Waals surface area contributed by atoms with E-state index in [1.807, 2.05) is 0 Å². The lowest BCUT2D eigenvalue weighted by atomic mass is 10.3. The highest BCUT2D eigenvalue weighted by atomic mass is 79.9. The molecule has 0 atom stereocenters. The molecule has 0 bridgehead atoms. The quantitative estimate of drug-likeness (QED) is 0.683. The summed E-state index contributed by atoms with van der Waals surface area (Å²) in [6.07, 6.45) is 3.04. The third-order valence-electron chi connectivity index (χ3n) is 1.85. The second kappa shape index (κ2) is 5.20. The number of nitrogens with one attached hydrogen (secondary N) is 1. The number of aromatic nitrogens is 3. The molecule has 17 heavy (non-hydrogen) atoms. The average Bonchev–Trinajstić information content (AvgIpc) is 2.29. The van der Waals surface area contributed by atoms with Gasteiger partial charge in [-0.1, -0.05) is 11.6 Å². The Bertz CT molecular complexity index is 564. The van der Waals surface area contributed by atoms with E-state index < -0.39 is 0 Å². The summed E-state index contributed by atoms with van der Waals surface area (Å²) >= 11 is 8.87. The lowest BCUT2D eigenvalue weighted by Gasteiger charge is -2.04. The molecule has 0 unspecified atom stereocenters. The predicted molar refractivity (Wildman–Crippen MR) is 66.9 cm³/mol. The first kappa shape index (κ1) is 11.9. The number of anilines is 1. The second-order valence-electron chi connectivity index (χ2n) is 3.00. The molecule has 2 rings (SSSR count). The van der Waals surface area contributed by atoms with Crippen LogP contribution in [0.1, 0.15) is 10.4 Å². The van der Waals surface area contributed by atoms with Crippen molar-refractivity contribution in [3.8, 4) is 0 Å². The maximum absolute atomic E-state index is 11.8. The number of nitrogens with zero attached hydrogens (tertiary/aromatic N) is 3. The summed E-state index contributed by atoms with van der Waals surface area (Å²) in [5, 5.41) is 2.79. The zero-order valence-corrected chi connectivity index (χ0v) is 10.7. The van der Waals surface area contributed by atoms with E-state index >= 15 is 0 Å². The zero-order chi connectivity index (χ0) is 12.3. The fourth-order valence-electron chi connectivity index (χ4n) is 1.12. The molecule has 0 aliphatic carbocycles. The van der Waals surface area contributed by atoms with E-state index in [4.69, 9.17) is 11.6 Å². The molecule has 5 nitrogen and oxygen atoms in total. The molecule has 2 aromatic heterocycles. The van der Waals surface area contributed by atoms with Crippen LogP contribution in [0.4, 0.5) is 5.95 Å². The van der Waals surface area contributed by atoms with E-state index in [2.05, 4.69) is 36.2 Å². The fourth-order valence-corrected chi connectivity index (χ4v) is 1.69. The third-order valence-corrected chi connectivity index (χ3v) is 2.69. The Kier molecular flexibility index (Phi) is 3.65. The van der Waals surface area contributed by atoms with Gasteiger partial charge >= 0.3 is 0 Å². The summed E-state index contributed by atoms with van der Waals surface area (Å²) in [6.45, 7) is 0. The van der Waals surface area contributed by atoms with Gasteiger partial charge in [-0.25, -0.2) is 15.0 Å². The molecule has 1 amide bonds. The molecule has 2 heterocycles. The van der Waals surface area contributed by atoms with Crippen LogP contribution in [-0.4, -0.2) is 20.9 Å². The van der Waals surface area contributed by atoms with Crippen LogP contribution in [-0.2, 0) is 0 Å². The maximum Gasteiger partial charge on any atom is 0.260 e. The topological polar surface area (TPSA) is 67.8 Å². The van der Waals surface area contributed by atoms with Crippen LogP contribution in [0.25, 0.3) is 0 Å². The number of pyridine rings is 1. The van der Waals surface area contributed by atoms with Crippen molar-refractivity contribution in [3.05, 3.63) is 45.9 Å². The molecule has 7 heteroatoms. The first-order chi connectivity index (χ1) is 8.16. The first-order valence-corrected chi connectivity index (χ1v) is 5.74. The van der Waals surface area contributed by atoms with Gasteiger partial charge in [-0.3, -0.25) is 10.1 Å². The number of rotatable bonds is 2. The summed E-state index contributed by atoms with van der Waals surface area (Å²) in [6, 6.07) is 4.83. The van der Waals surface area contributed by atoms with E-state index in [0.29, 0.717) is 10.2 Å². The van der Waals surface area contributed by atoms with Crippen molar-refractivity contribution in [2.24, 2.45) is 0 Å². The number of amides is 1. The first-order valence-electron chi connectivity index (χ1n) is 4.57. The summed E-state index contributed by atoms with van der Waals surface area (Å²) < 4.78 is 0.458. The van der Waals surface area contributed by atoms with Crippen molar-refractivity contribution in [1.29, 1.82) is 0 Å². The summed E-state index contributed by atoms with van der Waals surface area (Å²) in [4.78, 5) is 23.5. The highest BCUT2D eigenvalue weighted by molar-refractivity contribution is 9.10. The highest BCUT2D eigenvalue weighted by Crippen LogP contribution is 2.14. The lowest BCUT2D eigenvalue weighted by molar-refractivity contribution is 0.102. The molecule has 86 valence electrons. The van der Waals surface area contributed by atoms with Gasteiger partial charge in [0, 0.05) is 12.4 Å². The van der Waals surface area contributed by atoms with E-state index in [1.165, 1.54) is 12.3 Å². The minimum Gasteiger partial charge on any atom is -0.290 e. The maximum atomic E-state index is 11.8. The Balaban J connectivity index is 2.20. The third kappa shape index (κ3) is 2.98. The molecule has 0 fully saturated rings. The van der Waals surface area contributed by atoms with E-state index in [-0.39, 0.29) is 17.0 Å². The molecule has 0 aliphatic heterocycles. The van der Waals surface area contributed by atoms with Gasteiger partial charge < -0.3 is 0 Å². The molecule has 1 N–H and O–H groups in total. The van der Waals surface area contributed by atoms with Gasteiger partial charge in [-0.05, 0) is 34.1 Å². The van der Waals surface area contributed by atoms with Crippen LogP contribution in [0.5, 0.6) is 0 Å². The molecule has 0 saturated heterocycles. The van der Waals surface area contributed by atoms with Crippen molar-refractivity contribution < 1.29 is 4.79 Å². The molecular weight excluding hydrogens is 307 g/mol. The van der Waals surface area contributed by atoms with Crippen molar-refractivity contribution in [1.82, 2.24) is 15.0 Å². The Hall–Kier alpha value is -1.53. The van der Waals surface area contributed by atoms with Crippen molar-refractivity contribution in [3.63, 3.8) is 0 Å². The van der Waals surface area contributed by atoms with Gasteiger partial charge in [0.15, 0.2) is 0 Å². The monoisotopic (exact) mass is 312 g/mol. The Morgan fingerprint density at radius 2 is 2.12 bits per heavy atom. The van der Waals surface area contributed by atoms with Gasteiger partial charge in [0.2, 0.25) is 5.95 Å². The van der Waals surface area contributed by atoms with Crippen LogP contribution < -0.4 is 5.32 Å². The van der Waals surface area contributed by atoms with E-state index in [9.17, 15) is 4.79 Å². The largest absolute Gasteiger partial charge is 0.290 e. The van der Waals surface area contributed by atoms with E-state index in [1.54, 1.807) is 18.3 Å². The second-order valence-corrected chi connectivity index (χ2v) is 4.14. The minimum atomic E-state index is -0.354. The standard InChI is InChI=1S/C10H6BrClN4O/c11-8-6(2-1-4-13-8)9(17)16-10-14-5-3-7(12)15-10/h1-5H,(H,14,15,16,17). The molecule has 0 aliphatic rings. The van der Waals surface area contributed by atoms with Gasteiger partial charge in [0.05, 0.1) is 5.56 Å². The van der Waals surface area contributed by atoms with Crippen LogP contribution in [0.15, 0.2) is 35.2 Å². The van der Waals surface area contributed by atoms with Crippen molar-refractivity contribution >= 4 is 39.4 Å². The molecule has 0 saturated carbocycles. The minimum absolute atomic E-state index is 0.151. The van der Waals surface area contributed by atoms with Gasteiger partial charge in [-0.15, -0.1) is 0 Å². The van der Waals surface area contributed by atoms with Crippen molar-refractivity contribution in [2.45, 2.75) is 0 Å². The SMILES string of the molecule is O=C(Nc1nccc(Cl)n1)c1cccnc1Br. The number of hydrogen-bond donors (Lipinski definition) is 1. The normalized spacial score (nSPS) is 10.0. The summed E-state index contributed by atoms with van der Waals surface area (Å²) in [5.74, 6) is -0.203. The molecule has 0 radical (unpaired) electrons. The number of carbonyl (C=O) groups is 1. The fraction of sp³-hybridized carbons (Fsp3) is 0. The van der Waals surface area contributed by atoms with Gasteiger partial charge in [-0.2, -0.15) is 0 Å². The zero-order valence-electron chi connectivity index (χ0n) is 8.39. The molecule has 2 aromatic rings. The van der Waals surface area contributed by atoms with Crippen LogP contribution in [0.2, 0.25) is 5.15 Å². The Morgan fingerprint density at radius 1 is 1.29 bits per heavy atom. The lowest BCUT2D eigenvalue weighted by Crippen LogP contribution is -2.15. The summed E-state index contributed by atoms with van der Waals surface area (Å²) in [5.41, 5.74) is 0.399. The molecule has 0 spiro atoms. The predicted octanol–water partition coefficient (Wildman–Crippen LogP) is 2.54. The van der Waals surface area contributed by atoms with Crippen LogP contribution >= 0.6 is 27.5 Å². The molecule has 0 aromatic carbocycles. The van der Waals surface area contributed by atoms with Gasteiger partial charge in [0.1, 0.15) is 9.76 Å². The number of hydrogen-bond acceptors (Lipinski definition) is 4. The van der Waals surface area contributed by atoms with Crippen LogP contribution in [0.3, 0.4) is 0 Å². The molecular formula is C10H6BrClN4O. The Morgan fingerprint density at radius 3 is 2.82 bits per heavy atom. The van der Waals surface area contributed by atoms with Crippen LogP contribution in [0, 0.1) is 0 Å². The smallest absolute Gasteiger partial charge is 0.260 e. The van der Waals surface area contributed by atoms with E-state index in [0.717, 1.165) is 0 Å². The van der Waals surface area contributed by atoms with Crippen molar-refractivity contribution in [2.75, 3.05) is 5.32 Å².